The van der Waals surface area contributed by atoms with Gasteiger partial charge in [-0.2, -0.15) is 0 Å². The van der Waals surface area contributed by atoms with E-state index in [1.165, 1.54) is 16.9 Å². The van der Waals surface area contributed by atoms with Gasteiger partial charge in [-0.3, -0.25) is 0 Å². The van der Waals surface area contributed by atoms with Crippen LogP contribution in [-0.2, 0) is 6.42 Å². The summed E-state index contributed by atoms with van der Waals surface area (Å²) in [5.41, 5.74) is 1.17. The second-order valence-electron chi connectivity index (χ2n) is 4.97. The van der Waals surface area contributed by atoms with Crippen molar-refractivity contribution in [1.29, 1.82) is 0 Å². The van der Waals surface area contributed by atoms with E-state index < -0.39 is 0 Å². The molecule has 1 heterocycles. The zero-order valence-electron chi connectivity index (χ0n) is 12.8. The molecule has 2 nitrogen and oxygen atoms in total. The van der Waals surface area contributed by atoms with Crippen LogP contribution in [0.1, 0.15) is 38.0 Å². The third-order valence-electron chi connectivity index (χ3n) is 3.17. The normalized spacial score (nSPS) is 11.1. The lowest BCUT2D eigenvalue weighted by Gasteiger charge is -2.05. The third kappa shape index (κ3) is 5.01. The summed E-state index contributed by atoms with van der Waals surface area (Å²) in [5.74, 6) is 0.935. The highest BCUT2D eigenvalue weighted by Gasteiger charge is 2.04. The first-order valence-corrected chi connectivity index (χ1v) is 8.44. The molecule has 21 heavy (non-hydrogen) atoms. The standard InChI is InChI=1S/C18H23NOS/c1-3-5-6-7-13-20-16-11-9-15(10-12-16)18-19-14-17(21-18)8-4-2/h3,5,9-12,14H,4,6-8,13H2,1-2H3. The van der Waals surface area contributed by atoms with E-state index >= 15 is 0 Å². The fraction of sp³-hybridized carbons (Fsp3) is 0.389. The van der Waals surface area contributed by atoms with Crippen LogP contribution in [-0.4, -0.2) is 11.6 Å². The van der Waals surface area contributed by atoms with E-state index in [0.717, 1.165) is 36.6 Å². The van der Waals surface area contributed by atoms with E-state index in [2.05, 4.69) is 36.2 Å². The number of ether oxygens (including phenoxy) is 1. The number of allylic oxidation sites excluding steroid dienone is 2. The second-order valence-corrected chi connectivity index (χ2v) is 6.08. The lowest BCUT2D eigenvalue weighted by atomic mass is 10.2. The molecule has 0 unspecified atom stereocenters. The molecule has 0 bridgehead atoms. The molecule has 0 spiro atoms. The summed E-state index contributed by atoms with van der Waals surface area (Å²) in [5, 5.41) is 1.10. The molecule has 0 aliphatic carbocycles. The van der Waals surface area contributed by atoms with Crippen LogP contribution in [0.5, 0.6) is 5.75 Å². The molecular weight excluding hydrogens is 278 g/mol. The molecule has 1 aromatic heterocycles. The van der Waals surface area contributed by atoms with Gasteiger partial charge in [0.2, 0.25) is 0 Å². The molecule has 0 fully saturated rings. The van der Waals surface area contributed by atoms with Gasteiger partial charge in [0.05, 0.1) is 6.61 Å². The number of unbranched alkanes of at least 4 members (excludes halogenated alkanes) is 1. The largest absolute Gasteiger partial charge is 0.494 e. The van der Waals surface area contributed by atoms with Crippen molar-refractivity contribution in [2.24, 2.45) is 0 Å². The van der Waals surface area contributed by atoms with Crippen molar-refractivity contribution >= 4 is 11.3 Å². The van der Waals surface area contributed by atoms with Gasteiger partial charge < -0.3 is 4.74 Å². The van der Waals surface area contributed by atoms with Crippen LogP contribution in [0.15, 0.2) is 42.6 Å². The van der Waals surface area contributed by atoms with Gasteiger partial charge in [0.1, 0.15) is 10.8 Å². The van der Waals surface area contributed by atoms with Crippen LogP contribution in [0.3, 0.4) is 0 Å². The van der Waals surface area contributed by atoms with Gasteiger partial charge in [0.25, 0.3) is 0 Å². The molecule has 0 aliphatic rings. The van der Waals surface area contributed by atoms with Crippen LogP contribution >= 0.6 is 11.3 Å². The summed E-state index contributed by atoms with van der Waals surface area (Å²) in [6.07, 6.45) is 10.7. The van der Waals surface area contributed by atoms with E-state index in [9.17, 15) is 0 Å². The highest BCUT2D eigenvalue weighted by Crippen LogP contribution is 2.27. The molecule has 0 atom stereocenters. The van der Waals surface area contributed by atoms with Crippen LogP contribution in [0.25, 0.3) is 10.6 Å². The van der Waals surface area contributed by atoms with E-state index in [1.807, 2.05) is 25.3 Å². The highest BCUT2D eigenvalue weighted by molar-refractivity contribution is 7.15. The second kappa shape index (κ2) is 8.63. The van der Waals surface area contributed by atoms with E-state index in [4.69, 9.17) is 4.74 Å². The van der Waals surface area contributed by atoms with Gasteiger partial charge in [-0.25, -0.2) is 4.98 Å². The number of aromatic nitrogens is 1. The Morgan fingerprint density at radius 2 is 2.05 bits per heavy atom. The van der Waals surface area contributed by atoms with Gasteiger partial charge in [0.15, 0.2) is 0 Å². The molecule has 2 aromatic rings. The number of thiazole rings is 1. The van der Waals surface area contributed by atoms with Gasteiger partial charge in [-0.15, -0.1) is 11.3 Å². The van der Waals surface area contributed by atoms with Crippen LogP contribution in [0.2, 0.25) is 0 Å². The summed E-state index contributed by atoms with van der Waals surface area (Å²) in [6, 6.07) is 8.25. The molecule has 2 rings (SSSR count). The zero-order valence-corrected chi connectivity index (χ0v) is 13.7. The lowest BCUT2D eigenvalue weighted by molar-refractivity contribution is 0.312. The Kier molecular flexibility index (Phi) is 6.48. The zero-order chi connectivity index (χ0) is 14.9. The Hall–Kier alpha value is -1.61. The Balaban J connectivity index is 1.88. The molecule has 3 heteroatoms. The Morgan fingerprint density at radius 1 is 1.24 bits per heavy atom. The van der Waals surface area contributed by atoms with Crippen LogP contribution in [0.4, 0.5) is 0 Å². The Bertz CT molecular complexity index is 557. The van der Waals surface area contributed by atoms with Gasteiger partial charge in [0, 0.05) is 16.6 Å². The smallest absolute Gasteiger partial charge is 0.123 e. The summed E-state index contributed by atoms with van der Waals surface area (Å²) >= 11 is 1.78. The molecule has 0 saturated heterocycles. The number of benzene rings is 1. The van der Waals surface area contributed by atoms with Crippen molar-refractivity contribution in [2.75, 3.05) is 6.61 Å². The average molecular weight is 301 g/mol. The van der Waals surface area contributed by atoms with Crippen LogP contribution in [0, 0.1) is 0 Å². The fourth-order valence-electron chi connectivity index (χ4n) is 2.05. The molecule has 112 valence electrons. The van der Waals surface area contributed by atoms with E-state index in [0.29, 0.717) is 0 Å². The van der Waals surface area contributed by atoms with Crippen molar-refractivity contribution in [3.63, 3.8) is 0 Å². The minimum Gasteiger partial charge on any atom is -0.494 e. The Labute approximate surface area is 131 Å². The van der Waals surface area contributed by atoms with Crippen molar-refractivity contribution in [1.82, 2.24) is 4.98 Å². The number of hydrogen-bond acceptors (Lipinski definition) is 3. The van der Waals surface area contributed by atoms with Crippen molar-refractivity contribution in [3.8, 4) is 16.3 Å². The number of hydrogen-bond donors (Lipinski definition) is 0. The van der Waals surface area contributed by atoms with Crippen molar-refractivity contribution in [2.45, 2.75) is 39.5 Å². The van der Waals surface area contributed by atoms with Crippen molar-refractivity contribution < 1.29 is 4.74 Å². The monoisotopic (exact) mass is 301 g/mol. The number of rotatable bonds is 8. The lowest BCUT2D eigenvalue weighted by Crippen LogP contribution is -1.96. The fourth-order valence-corrected chi connectivity index (χ4v) is 3.07. The molecule has 1 aromatic carbocycles. The maximum atomic E-state index is 5.74. The Morgan fingerprint density at radius 3 is 2.76 bits per heavy atom. The van der Waals surface area contributed by atoms with Crippen LogP contribution < -0.4 is 4.74 Å². The first kappa shape index (κ1) is 15.8. The van der Waals surface area contributed by atoms with Crippen molar-refractivity contribution in [3.05, 3.63) is 47.5 Å². The minimum atomic E-state index is 0.765. The van der Waals surface area contributed by atoms with E-state index in [-0.39, 0.29) is 0 Å². The predicted octanol–water partition coefficient (Wildman–Crippen LogP) is 5.50. The number of aryl methyl sites for hydroxylation is 1. The molecule has 0 saturated carbocycles. The summed E-state index contributed by atoms with van der Waals surface area (Å²) in [4.78, 5) is 5.86. The average Bonchev–Trinajstić information content (AvgIpc) is 2.97. The maximum Gasteiger partial charge on any atom is 0.123 e. The predicted molar refractivity (Wildman–Crippen MR) is 91.1 cm³/mol. The molecule has 0 amide bonds. The third-order valence-corrected chi connectivity index (χ3v) is 4.28. The number of nitrogens with zero attached hydrogens (tertiary/aromatic N) is 1. The SMILES string of the molecule is CC=CCCCOc1ccc(-c2ncc(CCC)s2)cc1. The summed E-state index contributed by atoms with van der Waals surface area (Å²) in [6.45, 7) is 5.01. The van der Waals surface area contributed by atoms with Gasteiger partial charge in [-0.05, 0) is 50.5 Å². The molecule has 0 aliphatic heterocycles. The molecule has 0 radical (unpaired) electrons. The molecule has 0 N–H and O–H groups in total. The molecular formula is C18H23NOS. The van der Waals surface area contributed by atoms with Gasteiger partial charge in [-0.1, -0.05) is 25.5 Å². The maximum absolute atomic E-state index is 5.74. The summed E-state index contributed by atoms with van der Waals surface area (Å²) in [7, 11) is 0. The topological polar surface area (TPSA) is 22.1 Å². The first-order valence-electron chi connectivity index (χ1n) is 7.62. The highest BCUT2D eigenvalue weighted by atomic mass is 32.1. The van der Waals surface area contributed by atoms with Gasteiger partial charge >= 0.3 is 0 Å². The minimum absolute atomic E-state index is 0.765. The van der Waals surface area contributed by atoms with E-state index in [1.54, 1.807) is 11.3 Å². The first-order chi connectivity index (χ1) is 10.3. The summed E-state index contributed by atoms with van der Waals surface area (Å²) < 4.78 is 5.74. The quantitative estimate of drug-likeness (QED) is 0.474.